The molecule has 0 amide bonds. The highest BCUT2D eigenvalue weighted by atomic mass is 32.2. The average Bonchev–Trinajstić information content (AvgIpc) is 2.36. The first-order valence-corrected chi connectivity index (χ1v) is 8.37. The molecule has 1 rings (SSSR count). The Morgan fingerprint density at radius 3 is 2.53 bits per heavy atom. The monoisotopic (exact) mass is 307 g/mol. The molecule has 0 aliphatic heterocycles. The summed E-state index contributed by atoms with van der Waals surface area (Å²) in [6, 6.07) is 3.57. The molecule has 0 aliphatic rings. The maximum atomic E-state index is 13.7. The van der Waals surface area contributed by atoms with Gasteiger partial charge in [-0.05, 0) is 37.8 Å². The molecule has 7 heteroatoms. The molecule has 0 spiro atoms. The number of hydrogen-bond donors (Lipinski definition) is 2. The summed E-state index contributed by atoms with van der Waals surface area (Å²) in [7, 11) is -3.88. The molecular weight excluding hydrogens is 289 g/mol. The zero-order chi connectivity index (χ0) is 14.7. The van der Waals surface area contributed by atoms with Crippen molar-refractivity contribution in [1.82, 2.24) is 4.72 Å². The molecule has 0 aromatic heterocycles. The van der Waals surface area contributed by atoms with Crippen LogP contribution in [0, 0.1) is 5.82 Å². The quantitative estimate of drug-likeness (QED) is 0.840. The van der Waals surface area contributed by atoms with Gasteiger partial charge in [-0.2, -0.15) is 11.8 Å². The summed E-state index contributed by atoms with van der Waals surface area (Å²) in [5.74, 6) is -0.860. The Kier molecular flexibility index (Phi) is 5.37. The molecule has 0 saturated carbocycles. The van der Waals surface area contributed by atoms with Gasteiger partial charge in [-0.3, -0.25) is 0 Å². The standard InChI is InChI=1S/C12H18FNO3S2/c1-12(2,18-3)8-14-19(16,17)11-5-4-9(7-15)6-10(11)13/h4-6,14-15H,7-8H2,1-3H3. The van der Waals surface area contributed by atoms with Gasteiger partial charge in [-0.25, -0.2) is 17.5 Å². The zero-order valence-electron chi connectivity index (χ0n) is 11.1. The molecule has 4 nitrogen and oxygen atoms in total. The van der Waals surface area contributed by atoms with Crippen LogP contribution in [0.2, 0.25) is 0 Å². The third-order valence-corrected chi connectivity index (χ3v) is 5.39. The number of aliphatic hydroxyl groups is 1. The van der Waals surface area contributed by atoms with E-state index in [1.54, 1.807) is 0 Å². The smallest absolute Gasteiger partial charge is 0.243 e. The van der Waals surface area contributed by atoms with Gasteiger partial charge in [-0.15, -0.1) is 0 Å². The van der Waals surface area contributed by atoms with E-state index in [9.17, 15) is 12.8 Å². The largest absolute Gasteiger partial charge is 0.392 e. The van der Waals surface area contributed by atoms with Crippen molar-refractivity contribution in [2.75, 3.05) is 12.8 Å². The average molecular weight is 307 g/mol. The van der Waals surface area contributed by atoms with E-state index in [2.05, 4.69) is 4.72 Å². The summed E-state index contributed by atoms with van der Waals surface area (Å²) in [6.45, 7) is 3.67. The molecule has 1 aromatic rings. The van der Waals surface area contributed by atoms with Gasteiger partial charge in [0.2, 0.25) is 10.0 Å². The van der Waals surface area contributed by atoms with Crippen LogP contribution in [0.4, 0.5) is 4.39 Å². The lowest BCUT2D eigenvalue weighted by Crippen LogP contribution is -2.36. The Bertz CT molecular complexity index is 544. The fourth-order valence-electron chi connectivity index (χ4n) is 1.28. The van der Waals surface area contributed by atoms with E-state index in [0.717, 1.165) is 12.1 Å². The van der Waals surface area contributed by atoms with E-state index >= 15 is 0 Å². The Hall–Kier alpha value is -0.630. The Labute approximate surface area is 117 Å². The van der Waals surface area contributed by atoms with Crippen molar-refractivity contribution in [3.05, 3.63) is 29.6 Å². The molecule has 0 aliphatic carbocycles. The van der Waals surface area contributed by atoms with E-state index in [4.69, 9.17) is 5.11 Å². The Morgan fingerprint density at radius 2 is 2.05 bits per heavy atom. The van der Waals surface area contributed by atoms with Crippen LogP contribution in [0.3, 0.4) is 0 Å². The second kappa shape index (κ2) is 6.21. The summed E-state index contributed by atoms with van der Waals surface area (Å²) in [5, 5.41) is 8.86. The number of aliphatic hydroxyl groups excluding tert-OH is 1. The maximum Gasteiger partial charge on any atom is 0.243 e. The molecule has 0 radical (unpaired) electrons. The number of sulfonamides is 1. The van der Waals surface area contributed by atoms with Crippen molar-refractivity contribution in [2.45, 2.75) is 30.1 Å². The predicted octanol–water partition coefficient (Wildman–Crippen LogP) is 1.74. The van der Waals surface area contributed by atoms with Crippen LogP contribution in [0.5, 0.6) is 0 Å². The SMILES string of the molecule is CSC(C)(C)CNS(=O)(=O)c1ccc(CO)cc1F. The van der Waals surface area contributed by atoms with E-state index < -0.39 is 20.7 Å². The zero-order valence-corrected chi connectivity index (χ0v) is 12.7. The summed E-state index contributed by atoms with van der Waals surface area (Å²) in [6.07, 6.45) is 1.88. The summed E-state index contributed by atoms with van der Waals surface area (Å²) < 4.78 is 39.8. The van der Waals surface area contributed by atoms with Crippen molar-refractivity contribution in [3.8, 4) is 0 Å². The molecular formula is C12H18FNO3S2. The molecule has 0 bridgehead atoms. The van der Waals surface area contributed by atoms with E-state index in [1.807, 2.05) is 20.1 Å². The normalized spacial score (nSPS) is 12.7. The number of nitrogens with one attached hydrogen (secondary N) is 1. The lowest BCUT2D eigenvalue weighted by atomic mass is 10.2. The minimum atomic E-state index is -3.88. The van der Waals surface area contributed by atoms with Crippen LogP contribution in [-0.4, -0.2) is 31.1 Å². The second-order valence-corrected chi connectivity index (χ2v) is 7.96. The predicted molar refractivity (Wildman–Crippen MR) is 75.1 cm³/mol. The lowest BCUT2D eigenvalue weighted by Gasteiger charge is -2.22. The van der Waals surface area contributed by atoms with Gasteiger partial charge in [0.25, 0.3) is 0 Å². The van der Waals surface area contributed by atoms with Crippen molar-refractivity contribution in [1.29, 1.82) is 0 Å². The lowest BCUT2D eigenvalue weighted by molar-refractivity contribution is 0.281. The highest BCUT2D eigenvalue weighted by Crippen LogP contribution is 2.21. The minimum Gasteiger partial charge on any atom is -0.392 e. The van der Waals surface area contributed by atoms with Crippen LogP contribution < -0.4 is 4.72 Å². The molecule has 0 heterocycles. The van der Waals surface area contributed by atoms with Crippen LogP contribution in [-0.2, 0) is 16.6 Å². The molecule has 1 aromatic carbocycles. The number of thioether (sulfide) groups is 1. The molecule has 0 atom stereocenters. The van der Waals surface area contributed by atoms with Gasteiger partial charge >= 0.3 is 0 Å². The van der Waals surface area contributed by atoms with Crippen LogP contribution in [0.15, 0.2) is 23.1 Å². The Balaban J connectivity index is 2.95. The van der Waals surface area contributed by atoms with E-state index in [1.165, 1.54) is 17.8 Å². The van der Waals surface area contributed by atoms with Crippen molar-refractivity contribution in [2.24, 2.45) is 0 Å². The van der Waals surface area contributed by atoms with Crippen LogP contribution in [0.25, 0.3) is 0 Å². The first-order chi connectivity index (χ1) is 8.72. The first-order valence-electron chi connectivity index (χ1n) is 5.66. The molecule has 2 N–H and O–H groups in total. The summed E-state index contributed by atoms with van der Waals surface area (Å²) in [4.78, 5) is -0.401. The topological polar surface area (TPSA) is 66.4 Å². The summed E-state index contributed by atoms with van der Waals surface area (Å²) >= 11 is 1.52. The van der Waals surface area contributed by atoms with Gasteiger partial charge in [0, 0.05) is 11.3 Å². The van der Waals surface area contributed by atoms with Crippen LogP contribution >= 0.6 is 11.8 Å². The second-order valence-electron chi connectivity index (χ2n) is 4.71. The van der Waals surface area contributed by atoms with Gasteiger partial charge in [0.1, 0.15) is 10.7 Å². The molecule has 108 valence electrons. The van der Waals surface area contributed by atoms with Gasteiger partial charge in [-0.1, -0.05) is 6.07 Å². The minimum absolute atomic E-state index is 0.206. The van der Waals surface area contributed by atoms with Gasteiger partial charge < -0.3 is 5.11 Å². The van der Waals surface area contributed by atoms with Crippen molar-refractivity contribution >= 4 is 21.8 Å². The molecule has 0 saturated heterocycles. The number of rotatable bonds is 6. The van der Waals surface area contributed by atoms with Crippen molar-refractivity contribution in [3.63, 3.8) is 0 Å². The number of benzene rings is 1. The number of halogens is 1. The first kappa shape index (κ1) is 16.4. The van der Waals surface area contributed by atoms with Crippen LogP contribution in [0.1, 0.15) is 19.4 Å². The highest BCUT2D eigenvalue weighted by Gasteiger charge is 2.23. The fourth-order valence-corrected chi connectivity index (χ4v) is 2.86. The van der Waals surface area contributed by atoms with Gasteiger partial charge in [0.15, 0.2) is 0 Å². The highest BCUT2D eigenvalue weighted by molar-refractivity contribution is 8.00. The van der Waals surface area contributed by atoms with E-state index in [-0.39, 0.29) is 17.9 Å². The third kappa shape index (κ3) is 4.45. The number of hydrogen-bond acceptors (Lipinski definition) is 4. The van der Waals surface area contributed by atoms with E-state index in [0.29, 0.717) is 5.56 Å². The molecule has 0 fully saturated rings. The molecule has 19 heavy (non-hydrogen) atoms. The Morgan fingerprint density at radius 1 is 1.42 bits per heavy atom. The third-order valence-electron chi connectivity index (χ3n) is 2.71. The van der Waals surface area contributed by atoms with Gasteiger partial charge in [0.05, 0.1) is 6.61 Å². The summed E-state index contributed by atoms with van der Waals surface area (Å²) in [5.41, 5.74) is 0.334. The molecule has 0 unspecified atom stereocenters. The van der Waals surface area contributed by atoms with Crippen molar-refractivity contribution < 1.29 is 17.9 Å². The maximum absolute atomic E-state index is 13.7. The fraction of sp³-hybridized carbons (Fsp3) is 0.500.